The first-order valence-corrected chi connectivity index (χ1v) is 5.55. The van der Waals surface area contributed by atoms with Crippen molar-refractivity contribution in [2.75, 3.05) is 12.4 Å². The minimum Gasteiger partial charge on any atom is -0.462 e. The normalized spacial score (nSPS) is 9.75. The van der Waals surface area contributed by atoms with Gasteiger partial charge in [0, 0.05) is 4.47 Å². The topological polar surface area (TPSA) is 55.4 Å². The zero-order valence-electron chi connectivity index (χ0n) is 8.01. The van der Waals surface area contributed by atoms with E-state index in [0.29, 0.717) is 4.47 Å². The van der Waals surface area contributed by atoms with Gasteiger partial charge in [0.05, 0.1) is 22.8 Å². The summed E-state index contributed by atoms with van der Waals surface area (Å²) in [5, 5.41) is 2.68. The summed E-state index contributed by atoms with van der Waals surface area (Å²) in [6, 6.07) is 3.11. The SMILES string of the molecule is COC(=O)C(=O)Nc1ccc(Br)c(Cl)c1Cl. The number of hydrogen-bond acceptors (Lipinski definition) is 3. The lowest BCUT2D eigenvalue weighted by atomic mass is 10.3. The number of ether oxygens (including phenoxy) is 1. The number of anilines is 1. The van der Waals surface area contributed by atoms with Gasteiger partial charge in [-0.15, -0.1) is 0 Å². The van der Waals surface area contributed by atoms with Gasteiger partial charge < -0.3 is 10.1 Å². The molecule has 0 unspecified atom stereocenters. The van der Waals surface area contributed by atoms with Crippen molar-refractivity contribution in [3.8, 4) is 0 Å². The summed E-state index contributed by atoms with van der Waals surface area (Å²) >= 11 is 14.9. The molecule has 0 fully saturated rings. The first-order valence-electron chi connectivity index (χ1n) is 4.00. The van der Waals surface area contributed by atoms with Gasteiger partial charge in [0.1, 0.15) is 0 Å². The van der Waals surface area contributed by atoms with E-state index in [2.05, 4.69) is 26.0 Å². The molecule has 1 aromatic carbocycles. The number of esters is 1. The molecule has 0 radical (unpaired) electrons. The van der Waals surface area contributed by atoms with Crippen molar-refractivity contribution in [2.24, 2.45) is 0 Å². The lowest BCUT2D eigenvalue weighted by Crippen LogP contribution is -2.23. The molecule has 0 aliphatic rings. The number of benzene rings is 1. The van der Waals surface area contributed by atoms with E-state index in [9.17, 15) is 9.59 Å². The van der Waals surface area contributed by atoms with E-state index in [1.54, 1.807) is 6.07 Å². The third kappa shape index (κ3) is 2.87. The van der Waals surface area contributed by atoms with Crippen molar-refractivity contribution in [3.05, 3.63) is 26.7 Å². The van der Waals surface area contributed by atoms with Crippen molar-refractivity contribution < 1.29 is 14.3 Å². The summed E-state index contributed by atoms with van der Waals surface area (Å²) in [6.45, 7) is 0. The van der Waals surface area contributed by atoms with Crippen LogP contribution in [0.25, 0.3) is 0 Å². The summed E-state index contributed by atoms with van der Waals surface area (Å²) < 4.78 is 4.83. The van der Waals surface area contributed by atoms with Crippen molar-refractivity contribution in [1.29, 1.82) is 0 Å². The molecule has 1 N–H and O–H groups in total. The number of halogens is 3. The minimum absolute atomic E-state index is 0.147. The minimum atomic E-state index is -1.00. The summed E-state index contributed by atoms with van der Waals surface area (Å²) in [5.41, 5.74) is 0.241. The molecule has 16 heavy (non-hydrogen) atoms. The van der Waals surface area contributed by atoms with Crippen LogP contribution in [0.15, 0.2) is 16.6 Å². The Kier molecular flexibility index (Phi) is 4.58. The van der Waals surface area contributed by atoms with Gasteiger partial charge >= 0.3 is 11.9 Å². The first kappa shape index (κ1) is 13.3. The van der Waals surface area contributed by atoms with Crippen LogP contribution in [-0.4, -0.2) is 19.0 Å². The maximum Gasteiger partial charge on any atom is 0.396 e. The summed E-state index contributed by atoms with van der Waals surface area (Å²) in [4.78, 5) is 22.1. The van der Waals surface area contributed by atoms with Gasteiger partial charge in [-0.3, -0.25) is 4.79 Å². The lowest BCUT2D eigenvalue weighted by molar-refractivity contribution is -0.150. The molecule has 7 heteroatoms. The highest BCUT2D eigenvalue weighted by Gasteiger charge is 2.16. The highest BCUT2D eigenvalue weighted by atomic mass is 79.9. The first-order chi connectivity index (χ1) is 7.47. The van der Waals surface area contributed by atoms with Crippen LogP contribution in [0.5, 0.6) is 0 Å². The fourth-order valence-corrected chi connectivity index (χ4v) is 1.71. The van der Waals surface area contributed by atoms with Crippen LogP contribution in [0.3, 0.4) is 0 Å². The number of methoxy groups -OCH3 is 1. The Labute approximate surface area is 110 Å². The Morgan fingerprint density at radius 1 is 1.31 bits per heavy atom. The molecular formula is C9H6BrCl2NO3. The van der Waals surface area contributed by atoms with Gasteiger partial charge in [0.15, 0.2) is 0 Å². The van der Waals surface area contributed by atoms with Gasteiger partial charge in [-0.2, -0.15) is 0 Å². The molecule has 1 aromatic rings. The summed E-state index contributed by atoms with van der Waals surface area (Å²) in [6.07, 6.45) is 0. The Bertz CT molecular complexity index is 451. The standard InChI is InChI=1S/C9H6BrCl2NO3/c1-16-9(15)8(14)13-5-3-2-4(10)6(11)7(5)12/h2-3H,1H3,(H,13,14). The van der Waals surface area contributed by atoms with E-state index in [0.717, 1.165) is 7.11 Å². The maximum absolute atomic E-state index is 11.2. The van der Waals surface area contributed by atoms with Crippen LogP contribution in [0.2, 0.25) is 10.0 Å². The molecule has 1 rings (SSSR count). The van der Waals surface area contributed by atoms with E-state index >= 15 is 0 Å². The second-order valence-corrected chi connectivity index (χ2v) is 4.28. The second-order valence-electron chi connectivity index (χ2n) is 2.67. The van der Waals surface area contributed by atoms with Gasteiger partial charge in [-0.25, -0.2) is 4.79 Å². The number of rotatable bonds is 1. The number of carbonyl (C=O) groups excluding carboxylic acids is 2. The van der Waals surface area contributed by atoms with E-state index < -0.39 is 11.9 Å². The van der Waals surface area contributed by atoms with Crippen molar-refractivity contribution in [2.45, 2.75) is 0 Å². The Morgan fingerprint density at radius 3 is 2.50 bits per heavy atom. The number of nitrogens with one attached hydrogen (secondary N) is 1. The zero-order chi connectivity index (χ0) is 12.3. The van der Waals surface area contributed by atoms with E-state index in [4.69, 9.17) is 23.2 Å². The van der Waals surface area contributed by atoms with E-state index in [1.165, 1.54) is 6.07 Å². The zero-order valence-corrected chi connectivity index (χ0v) is 11.1. The molecule has 0 atom stereocenters. The average Bonchev–Trinajstić information content (AvgIpc) is 2.28. The summed E-state index contributed by atoms with van der Waals surface area (Å²) in [7, 11) is 1.11. The fraction of sp³-hybridized carbons (Fsp3) is 0.111. The van der Waals surface area contributed by atoms with Crippen LogP contribution in [0, 0.1) is 0 Å². The average molecular weight is 327 g/mol. The van der Waals surface area contributed by atoms with Gasteiger partial charge in [0.2, 0.25) is 0 Å². The predicted molar refractivity (Wildman–Crippen MR) is 64.8 cm³/mol. The molecule has 0 aromatic heterocycles. The number of amides is 1. The molecule has 0 aliphatic heterocycles. The third-order valence-corrected chi connectivity index (χ3v) is 3.43. The highest BCUT2D eigenvalue weighted by molar-refractivity contribution is 9.10. The smallest absolute Gasteiger partial charge is 0.396 e. The largest absolute Gasteiger partial charge is 0.462 e. The molecule has 0 saturated carbocycles. The molecule has 0 aliphatic carbocycles. The number of hydrogen-bond donors (Lipinski definition) is 1. The van der Waals surface area contributed by atoms with Gasteiger partial charge in [-0.1, -0.05) is 23.2 Å². The molecule has 0 spiro atoms. The van der Waals surface area contributed by atoms with Crippen molar-refractivity contribution in [3.63, 3.8) is 0 Å². The van der Waals surface area contributed by atoms with Gasteiger partial charge in [0.25, 0.3) is 0 Å². The molecule has 0 heterocycles. The molecule has 0 bridgehead atoms. The molecule has 0 saturated heterocycles. The molecule has 1 amide bonds. The fourth-order valence-electron chi connectivity index (χ4n) is 0.888. The quantitative estimate of drug-likeness (QED) is 0.490. The second kappa shape index (κ2) is 5.52. The molecule has 86 valence electrons. The summed E-state index contributed by atoms with van der Waals surface area (Å²) in [5.74, 6) is -1.92. The van der Waals surface area contributed by atoms with Crippen LogP contribution in [0.1, 0.15) is 0 Å². The van der Waals surface area contributed by atoms with Crippen molar-refractivity contribution in [1.82, 2.24) is 0 Å². The third-order valence-electron chi connectivity index (χ3n) is 1.65. The molecule has 4 nitrogen and oxygen atoms in total. The number of carbonyl (C=O) groups is 2. The van der Waals surface area contributed by atoms with E-state index in [-0.39, 0.29) is 15.7 Å². The van der Waals surface area contributed by atoms with Crippen LogP contribution < -0.4 is 5.32 Å². The van der Waals surface area contributed by atoms with Crippen LogP contribution in [0.4, 0.5) is 5.69 Å². The monoisotopic (exact) mass is 325 g/mol. The molecular weight excluding hydrogens is 321 g/mol. The Balaban J connectivity index is 2.95. The maximum atomic E-state index is 11.2. The Hall–Kier alpha value is -0.780. The van der Waals surface area contributed by atoms with Crippen molar-refractivity contribution >= 4 is 56.7 Å². The van der Waals surface area contributed by atoms with E-state index in [1.807, 2.05) is 0 Å². The highest BCUT2D eigenvalue weighted by Crippen LogP contribution is 2.35. The Morgan fingerprint density at radius 2 is 1.94 bits per heavy atom. The van der Waals surface area contributed by atoms with Crippen LogP contribution in [-0.2, 0) is 14.3 Å². The van der Waals surface area contributed by atoms with Gasteiger partial charge in [-0.05, 0) is 28.1 Å². The predicted octanol–water partition coefficient (Wildman–Crippen LogP) is 2.87. The lowest BCUT2D eigenvalue weighted by Gasteiger charge is -2.07. The van der Waals surface area contributed by atoms with Crippen LogP contribution >= 0.6 is 39.1 Å².